The summed E-state index contributed by atoms with van der Waals surface area (Å²) >= 11 is 5.93. The summed E-state index contributed by atoms with van der Waals surface area (Å²) in [5, 5.41) is 5.66. The third-order valence-electron chi connectivity index (χ3n) is 2.26. The lowest BCUT2D eigenvalue weighted by atomic mass is 10.5. The van der Waals surface area contributed by atoms with Crippen LogP contribution in [0.3, 0.4) is 0 Å². The maximum atomic E-state index is 11.6. The Morgan fingerprint density at radius 1 is 1.53 bits per heavy atom. The Morgan fingerprint density at radius 2 is 2.37 bits per heavy atom. The average molecular weight is 285 g/mol. The summed E-state index contributed by atoms with van der Waals surface area (Å²) in [4.78, 5) is 26.4. The number of amides is 1. The van der Waals surface area contributed by atoms with Gasteiger partial charge in [-0.25, -0.2) is 4.98 Å². The van der Waals surface area contributed by atoms with E-state index < -0.39 is 0 Å². The smallest absolute Gasteiger partial charge is 0.240 e. The minimum absolute atomic E-state index is 0.128. The third kappa shape index (κ3) is 3.60. The van der Waals surface area contributed by atoms with Crippen molar-refractivity contribution < 1.29 is 9.53 Å². The summed E-state index contributed by atoms with van der Waals surface area (Å²) in [7, 11) is 1.59. The van der Waals surface area contributed by atoms with Gasteiger partial charge >= 0.3 is 0 Å². The van der Waals surface area contributed by atoms with Gasteiger partial charge in [0.2, 0.25) is 11.9 Å². The van der Waals surface area contributed by atoms with Gasteiger partial charge in [-0.1, -0.05) is 11.6 Å². The molecule has 0 fully saturated rings. The molecule has 0 aliphatic heterocycles. The van der Waals surface area contributed by atoms with Gasteiger partial charge in [-0.2, -0.15) is 9.97 Å². The SMILES string of the molecule is COCCNCC(=O)Nc1nc(Cl)c2[nH]cnc2n1. The topological polar surface area (TPSA) is 105 Å². The molecular formula is C10H13ClN6O2. The number of methoxy groups -OCH3 is 1. The standard InChI is InChI=1S/C10H13ClN6O2/c1-19-3-2-12-4-6(18)15-10-16-8(11)7-9(17-10)14-5-13-7/h5,12H,2-4H2,1H3,(H2,13,14,15,16,17,18). The highest BCUT2D eigenvalue weighted by Gasteiger charge is 2.10. The van der Waals surface area contributed by atoms with Crippen molar-refractivity contribution in [2.24, 2.45) is 0 Å². The second kappa shape index (κ2) is 6.41. The van der Waals surface area contributed by atoms with Crippen LogP contribution in [0.2, 0.25) is 5.15 Å². The van der Waals surface area contributed by atoms with Crippen molar-refractivity contribution in [3.8, 4) is 0 Å². The minimum atomic E-state index is -0.262. The number of hydrogen-bond donors (Lipinski definition) is 3. The first-order chi connectivity index (χ1) is 9.20. The number of fused-ring (bicyclic) bond motifs is 1. The van der Waals surface area contributed by atoms with Gasteiger partial charge in [-0.3, -0.25) is 10.1 Å². The maximum absolute atomic E-state index is 11.6. The third-order valence-corrected chi connectivity index (χ3v) is 2.53. The van der Waals surface area contributed by atoms with Gasteiger partial charge < -0.3 is 15.0 Å². The molecule has 102 valence electrons. The lowest BCUT2D eigenvalue weighted by molar-refractivity contribution is -0.115. The molecule has 2 heterocycles. The quantitative estimate of drug-likeness (QED) is 0.516. The molecule has 2 aromatic rings. The Kier molecular flexibility index (Phi) is 4.61. The van der Waals surface area contributed by atoms with E-state index >= 15 is 0 Å². The van der Waals surface area contributed by atoms with Crippen LogP contribution in [-0.2, 0) is 9.53 Å². The number of rotatable bonds is 6. The normalized spacial score (nSPS) is 10.8. The summed E-state index contributed by atoms with van der Waals surface area (Å²) in [5.41, 5.74) is 0.945. The molecule has 0 spiro atoms. The lowest BCUT2D eigenvalue weighted by Crippen LogP contribution is -2.30. The largest absolute Gasteiger partial charge is 0.383 e. The monoisotopic (exact) mass is 284 g/mol. The first kappa shape index (κ1) is 13.7. The van der Waals surface area contributed by atoms with Crippen molar-refractivity contribution in [1.29, 1.82) is 0 Å². The number of aromatic nitrogens is 4. The summed E-state index contributed by atoms with van der Waals surface area (Å²) in [6.07, 6.45) is 1.46. The molecule has 0 saturated carbocycles. The molecule has 8 nitrogen and oxygen atoms in total. The molecule has 1 amide bonds. The van der Waals surface area contributed by atoms with Crippen molar-refractivity contribution in [3.05, 3.63) is 11.5 Å². The molecule has 0 aliphatic carbocycles. The Bertz CT molecular complexity index is 572. The number of hydrogen-bond acceptors (Lipinski definition) is 6. The molecule has 3 N–H and O–H groups in total. The van der Waals surface area contributed by atoms with Crippen molar-refractivity contribution in [3.63, 3.8) is 0 Å². The Balaban J connectivity index is 1.95. The Morgan fingerprint density at radius 3 is 3.16 bits per heavy atom. The fraction of sp³-hybridized carbons (Fsp3) is 0.400. The number of nitrogens with zero attached hydrogens (tertiary/aromatic N) is 3. The van der Waals surface area contributed by atoms with Gasteiger partial charge in [0.05, 0.1) is 19.5 Å². The van der Waals surface area contributed by atoms with Gasteiger partial charge in [0, 0.05) is 13.7 Å². The predicted octanol–water partition coefficient (Wildman–Crippen LogP) is 0.181. The van der Waals surface area contributed by atoms with Gasteiger partial charge in [0.25, 0.3) is 0 Å². The van der Waals surface area contributed by atoms with Crippen LogP contribution < -0.4 is 10.6 Å². The highest BCUT2D eigenvalue weighted by atomic mass is 35.5. The Hall–Kier alpha value is -1.77. The second-order valence-electron chi connectivity index (χ2n) is 3.66. The molecular weight excluding hydrogens is 272 g/mol. The molecule has 0 radical (unpaired) electrons. The van der Waals surface area contributed by atoms with Gasteiger partial charge in [0.1, 0.15) is 5.52 Å². The van der Waals surface area contributed by atoms with Gasteiger partial charge in [-0.05, 0) is 0 Å². The molecule has 19 heavy (non-hydrogen) atoms. The van der Waals surface area contributed by atoms with E-state index in [1.54, 1.807) is 7.11 Å². The van der Waals surface area contributed by atoms with Crippen LogP contribution in [0.4, 0.5) is 5.95 Å². The van der Waals surface area contributed by atoms with E-state index in [9.17, 15) is 4.79 Å². The number of imidazole rings is 1. The number of anilines is 1. The summed E-state index contributed by atoms with van der Waals surface area (Å²) in [6.45, 7) is 1.27. The zero-order valence-corrected chi connectivity index (χ0v) is 11.0. The molecule has 0 aliphatic rings. The van der Waals surface area contributed by atoms with E-state index in [1.807, 2.05) is 0 Å². The summed E-state index contributed by atoms with van der Waals surface area (Å²) in [5.74, 6) is -0.134. The number of nitrogens with one attached hydrogen (secondary N) is 3. The van der Waals surface area contributed by atoms with Crippen LogP contribution in [0.5, 0.6) is 0 Å². The van der Waals surface area contributed by atoms with Crippen molar-refractivity contribution in [1.82, 2.24) is 25.3 Å². The predicted molar refractivity (Wildman–Crippen MR) is 70.1 cm³/mol. The number of halogens is 1. The second-order valence-corrected chi connectivity index (χ2v) is 4.01. The average Bonchev–Trinajstić information content (AvgIpc) is 2.83. The first-order valence-corrected chi connectivity index (χ1v) is 5.94. The van der Waals surface area contributed by atoms with E-state index in [0.29, 0.717) is 24.3 Å². The molecule has 2 rings (SSSR count). The minimum Gasteiger partial charge on any atom is -0.383 e. The van der Waals surface area contributed by atoms with Gasteiger partial charge in [0.15, 0.2) is 10.8 Å². The van der Waals surface area contributed by atoms with E-state index in [0.717, 1.165) is 0 Å². The molecule has 0 bridgehead atoms. The van der Waals surface area contributed by atoms with Crippen LogP contribution in [0, 0.1) is 0 Å². The van der Waals surface area contributed by atoms with Crippen LogP contribution in [-0.4, -0.2) is 52.6 Å². The fourth-order valence-electron chi connectivity index (χ4n) is 1.40. The maximum Gasteiger partial charge on any atom is 0.240 e. The van der Waals surface area contributed by atoms with Crippen LogP contribution in [0.1, 0.15) is 0 Å². The molecule has 0 saturated heterocycles. The molecule has 9 heteroatoms. The lowest BCUT2D eigenvalue weighted by Gasteiger charge is -2.05. The zero-order chi connectivity index (χ0) is 13.7. The van der Waals surface area contributed by atoms with Crippen molar-refractivity contribution in [2.75, 3.05) is 32.1 Å². The summed E-state index contributed by atoms with van der Waals surface area (Å²) in [6, 6.07) is 0. The Labute approximate surface area is 113 Å². The van der Waals surface area contributed by atoms with Crippen LogP contribution in [0.25, 0.3) is 11.2 Å². The van der Waals surface area contributed by atoms with E-state index in [4.69, 9.17) is 16.3 Å². The van der Waals surface area contributed by atoms with Crippen molar-refractivity contribution >= 4 is 34.6 Å². The molecule has 0 aromatic carbocycles. The van der Waals surface area contributed by atoms with Crippen molar-refractivity contribution in [2.45, 2.75) is 0 Å². The molecule has 0 unspecified atom stereocenters. The van der Waals surface area contributed by atoms with E-state index in [2.05, 4.69) is 30.6 Å². The number of aromatic amines is 1. The van der Waals surface area contributed by atoms with Gasteiger partial charge in [-0.15, -0.1) is 0 Å². The van der Waals surface area contributed by atoms with E-state index in [1.165, 1.54) is 6.33 Å². The summed E-state index contributed by atoms with van der Waals surface area (Å²) < 4.78 is 4.85. The molecule has 0 atom stereocenters. The number of H-pyrrole nitrogens is 1. The first-order valence-electron chi connectivity index (χ1n) is 5.57. The highest BCUT2D eigenvalue weighted by molar-refractivity contribution is 6.33. The zero-order valence-electron chi connectivity index (χ0n) is 10.2. The van der Waals surface area contributed by atoms with Crippen LogP contribution >= 0.6 is 11.6 Å². The number of carbonyl (C=O) groups excluding carboxylic acids is 1. The highest BCUT2D eigenvalue weighted by Crippen LogP contribution is 2.17. The van der Waals surface area contributed by atoms with E-state index in [-0.39, 0.29) is 23.6 Å². The molecule has 2 aromatic heterocycles. The number of carbonyl (C=O) groups is 1. The van der Waals surface area contributed by atoms with Crippen LogP contribution in [0.15, 0.2) is 6.33 Å². The fourth-order valence-corrected chi connectivity index (χ4v) is 1.62. The number of ether oxygens (including phenoxy) is 1.